The molecule has 10 heteroatoms. The first-order chi connectivity index (χ1) is 19.2. The predicted molar refractivity (Wildman–Crippen MR) is 163 cm³/mol. The number of anilines is 1. The topological polar surface area (TPSA) is 96.0 Å². The molecule has 8 nitrogen and oxygen atoms in total. The van der Waals surface area contributed by atoms with Crippen LogP contribution >= 0.6 is 11.6 Å². The molecule has 0 aliphatic rings. The van der Waals surface area contributed by atoms with Crippen molar-refractivity contribution in [3.63, 3.8) is 0 Å². The summed E-state index contributed by atoms with van der Waals surface area (Å²) in [5.74, 6) is -0.595. The van der Waals surface area contributed by atoms with Crippen LogP contribution in [0.1, 0.15) is 45.7 Å². The second kappa shape index (κ2) is 13.4. The van der Waals surface area contributed by atoms with Crippen LogP contribution in [0.2, 0.25) is 5.02 Å². The van der Waals surface area contributed by atoms with Gasteiger partial charge in [0.15, 0.2) is 0 Å². The van der Waals surface area contributed by atoms with Crippen LogP contribution in [0.15, 0.2) is 77.7 Å². The Morgan fingerprint density at radius 3 is 2.17 bits per heavy atom. The number of aryl methyl sites for hydroxylation is 1. The number of hydrogen-bond acceptors (Lipinski definition) is 5. The Hall–Kier alpha value is -3.56. The maximum atomic E-state index is 14.1. The van der Waals surface area contributed by atoms with Crippen LogP contribution in [0.4, 0.5) is 5.69 Å². The van der Waals surface area contributed by atoms with Gasteiger partial charge in [0.2, 0.25) is 11.8 Å². The molecule has 0 spiro atoms. The van der Waals surface area contributed by atoms with Gasteiger partial charge < -0.3 is 15.0 Å². The molecule has 3 aromatic rings. The van der Waals surface area contributed by atoms with E-state index in [2.05, 4.69) is 5.32 Å². The highest BCUT2D eigenvalue weighted by Gasteiger charge is 2.34. The zero-order valence-electron chi connectivity index (χ0n) is 24.3. The smallest absolute Gasteiger partial charge is 0.264 e. The second-order valence-corrected chi connectivity index (χ2v) is 13.1. The van der Waals surface area contributed by atoms with Gasteiger partial charge in [0.25, 0.3) is 10.0 Å². The van der Waals surface area contributed by atoms with E-state index in [1.165, 1.54) is 17.0 Å². The molecule has 0 unspecified atom stereocenters. The third-order valence-electron chi connectivity index (χ3n) is 6.25. The molecule has 41 heavy (non-hydrogen) atoms. The van der Waals surface area contributed by atoms with Crippen LogP contribution in [0.3, 0.4) is 0 Å². The van der Waals surface area contributed by atoms with E-state index in [4.69, 9.17) is 16.3 Å². The van der Waals surface area contributed by atoms with Crippen molar-refractivity contribution in [1.82, 2.24) is 10.2 Å². The zero-order valence-corrected chi connectivity index (χ0v) is 25.9. The summed E-state index contributed by atoms with van der Waals surface area (Å²) in [5.41, 5.74) is 1.33. The molecule has 2 amide bonds. The van der Waals surface area contributed by atoms with Gasteiger partial charge in [-0.2, -0.15) is 0 Å². The van der Waals surface area contributed by atoms with Gasteiger partial charge in [-0.1, -0.05) is 53.6 Å². The van der Waals surface area contributed by atoms with E-state index in [1.54, 1.807) is 74.5 Å². The maximum Gasteiger partial charge on any atom is 0.264 e. The van der Waals surface area contributed by atoms with Crippen LogP contribution in [0.25, 0.3) is 0 Å². The largest absolute Gasteiger partial charge is 0.492 e. The summed E-state index contributed by atoms with van der Waals surface area (Å²) in [6, 6.07) is 19.1. The molecule has 0 aliphatic heterocycles. The Morgan fingerprint density at radius 2 is 1.59 bits per heavy atom. The van der Waals surface area contributed by atoms with Crippen LogP contribution in [0, 0.1) is 6.92 Å². The number of nitrogens with one attached hydrogen (secondary N) is 1. The molecular weight excluding hydrogens is 562 g/mol. The normalized spacial score (nSPS) is 12.4. The first kappa shape index (κ1) is 32.0. The average molecular weight is 600 g/mol. The van der Waals surface area contributed by atoms with E-state index >= 15 is 0 Å². The number of para-hydroxylation sites is 2. The van der Waals surface area contributed by atoms with Gasteiger partial charge in [0.05, 0.1) is 17.2 Å². The van der Waals surface area contributed by atoms with E-state index < -0.39 is 34.1 Å². The molecule has 0 aromatic heterocycles. The standard InChI is InChI=1S/C31H38ClN3O5S/c1-7-40-28-11-9-8-10-27(28)35(41(38,39)26-18-12-22(2)13-19-26)21-29(36)34(20-24-14-16-25(32)17-15-24)23(3)30(37)33-31(4,5)6/h8-19,23H,7,20-21H2,1-6H3,(H,33,37)/t23-/m1/s1. The van der Waals surface area contributed by atoms with Crippen LogP contribution in [0.5, 0.6) is 5.75 Å². The lowest BCUT2D eigenvalue weighted by Crippen LogP contribution is -2.54. The molecule has 0 heterocycles. The van der Waals surface area contributed by atoms with Crippen LogP contribution in [-0.4, -0.2) is 49.9 Å². The van der Waals surface area contributed by atoms with Gasteiger partial charge in [-0.25, -0.2) is 8.42 Å². The lowest BCUT2D eigenvalue weighted by molar-refractivity contribution is -0.140. The van der Waals surface area contributed by atoms with Crippen molar-refractivity contribution in [1.29, 1.82) is 0 Å². The highest BCUT2D eigenvalue weighted by atomic mass is 35.5. The number of carbonyl (C=O) groups is 2. The summed E-state index contributed by atoms with van der Waals surface area (Å²) < 4.78 is 34.9. The van der Waals surface area contributed by atoms with Crippen molar-refractivity contribution in [2.75, 3.05) is 17.5 Å². The van der Waals surface area contributed by atoms with Crippen molar-refractivity contribution in [2.24, 2.45) is 0 Å². The van der Waals surface area contributed by atoms with Gasteiger partial charge in [-0.05, 0) is 83.5 Å². The summed E-state index contributed by atoms with van der Waals surface area (Å²) in [4.78, 5) is 28.7. The highest BCUT2D eigenvalue weighted by molar-refractivity contribution is 7.92. The van der Waals surface area contributed by atoms with Crippen molar-refractivity contribution >= 4 is 39.1 Å². The number of nitrogens with zero attached hydrogens (tertiary/aromatic N) is 2. The van der Waals surface area contributed by atoms with E-state index in [9.17, 15) is 18.0 Å². The number of carbonyl (C=O) groups excluding carboxylic acids is 2. The summed E-state index contributed by atoms with van der Waals surface area (Å²) >= 11 is 6.06. The molecule has 0 bridgehead atoms. The molecule has 1 N–H and O–H groups in total. The fraction of sp³-hybridized carbons (Fsp3) is 0.355. The molecule has 220 valence electrons. The van der Waals surface area contributed by atoms with E-state index in [0.717, 1.165) is 15.4 Å². The van der Waals surface area contributed by atoms with Crippen molar-refractivity contribution < 1.29 is 22.7 Å². The Bertz CT molecular complexity index is 1450. The summed E-state index contributed by atoms with van der Waals surface area (Å²) in [6.45, 7) is 10.7. The highest BCUT2D eigenvalue weighted by Crippen LogP contribution is 2.33. The quantitative estimate of drug-likeness (QED) is 0.311. The van der Waals surface area contributed by atoms with Crippen molar-refractivity contribution in [2.45, 2.75) is 64.6 Å². The summed E-state index contributed by atoms with van der Waals surface area (Å²) in [5, 5.41) is 3.45. The fourth-order valence-electron chi connectivity index (χ4n) is 4.13. The first-order valence-corrected chi connectivity index (χ1v) is 15.2. The van der Waals surface area contributed by atoms with E-state index in [0.29, 0.717) is 17.4 Å². The lowest BCUT2D eigenvalue weighted by Gasteiger charge is -2.33. The molecule has 3 rings (SSSR count). The third kappa shape index (κ3) is 8.47. The number of halogens is 1. The third-order valence-corrected chi connectivity index (χ3v) is 8.28. The number of benzene rings is 3. The van der Waals surface area contributed by atoms with Gasteiger partial charge in [0.1, 0.15) is 18.3 Å². The van der Waals surface area contributed by atoms with Gasteiger partial charge in [-0.3, -0.25) is 13.9 Å². The Kier molecular flexibility index (Phi) is 10.4. The van der Waals surface area contributed by atoms with Crippen LogP contribution < -0.4 is 14.4 Å². The molecule has 0 radical (unpaired) electrons. The SMILES string of the molecule is CCOc1ccccc1N(CC(=O)N(Cc1ccc(Cl)cc1)[C@H](C)C(=O)NC(C)(C)C)S(=O)(=O)c1ccc(C)cc1. The average Bonchev–Trinajstić information content (AvgIpc) is 2.91. The molecule has 0 saturated heterocycles. The van der Waals surface area contributed by atoms with Crippen molar-refractivity contribution in [3.8, 4) is 5.75 Å². The predicted octanol–water partition coefficient (Wildman–Crippen LogP) is 5.57. The first-order valence-electron chi connectivity index (χ1n) is 13.4. The fourth-order valence-corrected chi connectivity index (χ4v) is 5.69. The van der Waals surface area contributed by atoms with E-state index in [1.807, 2.05) is 27.7 Å². The minimum absolute atomic E-state index is 0.0324. The molecule has 3 aromatic carbocycles. The monoisotopic (exact) mass is 599 g/mol. The Labute approximate surface area is 248 Å². The molecule has 1 atom stereocenters. The Balaban J connectivity index is 2.08. The molecule has 0 saturated carbocycles. The number of hydrogen-bond donors (Lipinski definition) is 1. The number of amides is 2. The van der Waals surface area contributed by atoms with Gasteiger partial charge in [-0.15, -0.1) is 0 Å². The van der Waals surface area contributed by atoms with Gasteiger partial charge >= 0.3 is 0 Å². The number of rotatable bonds is 11. The summed E-state index contributed by atoms with van der Waals surface area (Å²) in [7, 11) is -4.21. The minimum atomic E-state index is -4.21. The number of sulfonamides is 1. The Morgan fingerprint density at radius 1 is 0.976 bits per heavy atom. The second-order valence-electron chi connectivity index (χ2n) is 10.8. The molecular formula is C31H38ClN3O5S. The lowest BCUT2D eigenvalue weighted by atomic mass is 10.1. The zero-order chi connectivity index (χ0) is 30.4. The minimum Gasteiger partial charge on any atom is -0.492 e. The molecule has 0 fully saturated rings. The summed E-state index contributed by atoms with van der Waals surface area (Å²) in [6.07, 6.45) is 0. The van der Waals surface area contributed by atoms with E-state index in [-0.39, 0.29) is 23.0 Å². The van der Waals surface area contributed by atoms with Crippen molar-refractivity contribution in [3.05, 3.63) is 88.9 Å². The van der Waals surface area contributed by atoms with Gasteiger partial charge in [0, 0.05) is 17.1 Å². The molecule has 0 aliphatic carbocycles. The van der Waals surface area contributed by atoms with Crippen LogP contribution in [-0.2, 0) is 26.2 Å². The maximum absolute atomic E-state index is 14.1. The number of ether oxygens (including phenoxy) is 1.